The number of aromatic nitrogens is 3. The highest BCUT2D eigenvalue weighted by Crippen LogP contribution is 2.20. The van der Waals surface area contributed by atoms with Crippen LogP contribution in [0.5, 0.6) is 0 Å². The molecule has 36 heavy (non-hydrogen) atoms. The average molecular weight is 512 g/mol. The minimum Gasteiger partial charge on any atom is -0.356 e. The van der Waals surface area contributed by atoms with E-state index in [2.05, 4.69) is 30.8 Å². The van der Waals surface area contributed by atoms with Gasteiger partial charge in [0.2, 0.25) is 11.8 Å². The maximum absolute atomic E-state index is 13.1. The van der Waals surface area contributed by atoms with E-state index in [1.807, 2.05) is 13.8 Å². The number of ketones is 1. The summed E-state index contributed by atoms with van der Waals surface area (Å²) in [7, 11) is 0. The predicted octanol–water partition coefficient (Wildman–Crippen LogP) is 0.990. The predicted molar refractivity (Wildman–Crippen MR) is 118 cm³/mol. The second-order valence-electron chi connectivity index (χ2n) is 8.88. The number of carbonyl (C=O) groups is 4. The third-order valence-corrected chi connectivity index (χ3v) is 5.56. The molecule has 1 fully saturated rings. The van der Waals surface area contributed by atoms with Crippen molar-refractivity contribution in [3.8, 4) is 0 Å². The fourth-order valence-electron chi connectivity index (χ4n) is 3.83. The Morgan fingerprint density at radius 3 is 2.61 bits per heavy atom. The third-order valence-electron chi connectivity index (χ3n) is 5.56. The first-order valence-electron chi connectivity index (χ1n) is 11.4. The number of imidazole rings is 1. The van der Waals surface area contributed by atoms with E-state index < -0.39 is 48.6 Å². The number of fused-ring (bicyclic) bond motifs is 1. The minimum absolute atomic E-state index is 0.00378. The van der Waals surface area contributed by atoms with Gasteiger partial charge in [0.25, 0.3) is 5.91 Å². The van der Waals surface area contributed by atoms with Crippen LogP contribution in [0.15, 0.2) is 24.5 Å². The minimum atomic E-state index is -5.04. The Hall–Kier alpha value is -3.55. The Bertz CT molecular complexity index is 1090. The molecule has 3 amide bonds. The van der Waals surface area contributed by atoms with Crippen LogP contribution in [-0.2, 0) is 19.1 Å². The van der Waals surface area contributed by atoms with Crippen LogP contribution < -0.4 is 16.0 Å². The lowest BCUT2D eigenvalue weighted by Crippen LogP contribution is -2.53. The summed E-state index contributed by atoms with van der Waals surface area (Å²) >= 11 is 0. The molecule has 3 rings (SSSR count). The van der Waals surface area contributed by atoms with Gasteiger partial charge >= 0.3 is 6.36 Å². The fraction of sp³-hybridized carbons (Fsp3) is 0.545. The molecule has 0 unspecified atom stereocenters. The van der Waals surface area contributed by atoms with Crippen molar-refractivity contribution in [3.05, 3.63) is 30.2 Å². The smallest absolute Gasteiger partial charge is 0.356 e. The van der Waals surface area contributed by atoms with Crippen molar-refractivity contribution < 1.29 is 37.1 Å². The van der Waals surface area contributed by atoms with Gasteiger partial charge in [-0.25, -0.2) is 9.50 Å². The first-order chi connectivity index (χ1) is 16.9. The molecule has 0 spiro atoms. The van der Waals surface area contributed by atoms with Crippen molar-refractivity contribution in [2.75, 3.05) is 13.2 Å². The van der Waals surface area contributed by atoms with Crippen molar-refractivity contribution in [1.82, 2.24) is 30.5 Å². The number of halogens is 3. The SMILES string of the molecule is CC(C)C[C@H](NC(=O)c1cn2ncccc2n1)C(=O)N[C@@H](C[C@@H]1CCNC1=O)C(=O)COC(F)(F)F. The fourth-order valence-corrected chi connectivity index (χ4v) is 3.83. The Morgan fingerprint density at radius 1 is 1.25 bits per heavy atom. The monoisotopic (exact) mass is 512 g/mol. The topological polar surface area (TPSA) is 144 Å². The van der Waals surface area contributed by atoms with Crippen LogP contribution in [0.4, 0.5) is 13.2 Å². The summed E-state index contributed by atoms with van der Waals surface area (Å²) in [5, 5.41) is 11.6. The first-order valence-corrected chi connectivity index (χ1v) is 11.4. The molecule has 3 atom stereocenters. The van der Waals surface area contributed by atoms with Crippen molar-refractivity contribution in [2.45, 2.75) is 51.6 Å². The number of ether oxygens (including phenoxy) is 1. The van der Waals surface area contributed by atoms with E-state index in [0.717, 1.165) is 0 Å². The van der Waals surface area contributed by atoms with E-state index in [-0.39, 0.29) is 30.4 Å². The van der Waals surface area contributed by atoms with Crippen LogP contribution in [0.1, 0.15) is 43.6 Å². The maximum atomic E-state index is 13.1. The molecular formula is C22H27F3N6O5. The summed E-state index contributed by atoms with van der Waals surface area (Å²) in [6, 6.07) is 0.746. The van der Waals surface area contributed by atoms with Gasteiger partial charge in [-0.05, 0) is 37.3 Å². The van der Waals surface area contributed by atoms with E-state index >= 15 is 0 Å². The van der Waals surface area contributed by atoms with Gasteiger partial charge in [0, 0.05) is 18.7 Å². The summed E-state index contributed by atoms with van der Waals surface area (Å²) in [6.45, 7) is 2.66. The van der Waals surface area contributed by atoms with Crippen LogP contribution in [0, 0.1) is 11.8 Å². The zero-order chi connectivity index (χ0) is 26.5. The lowest BCUT2D eigenvalue weighted by atomic mass is 9.95. The molecule has 0 aromatic carbocycles. The van der Waals surface area contributed by atoms with Gasteiger partial charge in [0.1, 0.15) is 18.3 Å². The number of rotatable bonds is 11. The number of amides is 3. The van der Waals surface area contributed by atoms with Gasteiger partial charge in [-0.1, -0.05) is 13.8 Å². The molecule has 2 aromatic rings. The van der Waals surface area contributed by atoms with Crippen LogP contribution in [0.2, 0.25) is 0 Å². The van der Waals surface area contributed by atoms with Crippen LogP contribution in [0.3, 0.4) is 0 Å². The summed E-state index contributed by atoms with van der Waals surface area (Å²) < 4.78 is 42.4. The summed E-state index contributed by atoms with van der Waals surface area (Å²) in [5.41, 5.74) is 0.418. The van der Waals surface area contributed by atoms with Gasteiger partial charge in [0.05, 0.1) is 12.2 Å². The Balaban J connectivity index is 1.74. The lowest BCUT2D eigenvalue weighted by Gasteiger charge is -2.25. The highest BCUT2D eigenvalue weighted by atomic mass is 19.4. The van der Waals surface area contributed by atoms with Crippen molar-refractivity contribution in [1.29, 1.82) is 0 Å². The lowest BCUT2D eigenvalue weighted by molar-refractivity contribution is -0.321. The van der Waals surface area contributed by atoms with Crippen molar-refractivity contribution in [2.24, 2.45) is 11.8 Å². The molecule has 1 aliphatic rings. The number of nitrogens with one attached hydrogen (secondary N) is 3. The Kier molecular flexibility index (Phi) is 8.61. The molecule has 3 heterocycles. The van der Waals surface area contributed by atoms with Gasteiger partial charge < -0.3 is 16.0 Å². The molecular weight excluding hydrogens is 485 g/mol. The molecule has 0 saturated carbocycles. The number of nitrogens with zero attached hydrogens (tertiary/aromatic N) is 3. The molecule has 2 aromatic heterocycles. The van der Waals surface area contributed by atoms with Crippen LogP contribution in [0.25, 0.3) is 5.65 Å². The van der Waals surface area contributed by atoms with Crippen LogP contribution >= 0.6 is 0 Å². The standard InChI is InChI=1S/C22H27F3N6O5/c1-12(2)8-15(30-21(35)16-10-31-18(28-16)4-3-6-27-31)20(34)29-14(9-13-5-7-26-19(13)33)17(32)11-36-22(23,24)25/h3-4,6,10,12-15H,5,7-9,11H2,1-2H3,(H,26,33)(H,29,34)(H,30,35)/t13-,14-,15-/m0/s1. The van der Waals surface area contributed by atoms with Gasteiger partial charge in [-0.3, -0.25) is 23.9 Å². The summed E-state index contributed by atoms with van der Waals surface area (Å²) in [5.74, 6) is -3.56. The van der Waals surface area contributed by atoms with E-state index in [0.29, 0.717) is 18.6 Å². The first kappa shape index (κ1) is 27.0. The molecule has 0 bridgehead atoms. The zero-order valence-electron chi connectivity index (χ0n) is 19.7. The number of hydrogen-bond acceptors (Lipinski definition) is 7. The van der Waals surface area contributed by atoms with E-state index in [4.69, 9.17) is 0 Å². The molecule has 14 heteroatoms. The summed E-state index contributed by atoms with van der Waals surface area (Å²) in [4.78, 5) is 54.6. The maximum Gasteiger partial charge on any atom is 0.522 e. The molecule has 196 valence electrons. The third kappa shape index (κ3) is 7.47. The number of alkyl halides is 3. The number of carbonyl (C=O) groups excluding carboxylic acids is 4. The second-order valence-corrected chi connectivity index (χ2v) is 8.88. The van der Waals surface area contributed by atoms with E-state index in [1.54, 1.807) is 12.1 Å². The number of Topliss-reactive ketones (excluding diaryl/α,β-unsaturated/α-hetero) is 1. The van der Waals surface area contributed by atoms with Gasteiger partial charge in [-0.15, -0.1) is 13.2 Å². The Morgan fingerprint density at radius 2 is 2.00 bits per heavy atom. The quantitative estimate of drug-likeness (QED) is 0.407. The van der Waals surface area contributed by atoms with Crippen molar-refractivity contribution in [3.63, 3.8) is 0 Å². The van der Waals surface area contributed by atoms with Crippen LogP contribution in [-0.4, -0.2) is 69.7 Å². The normalized spacial score (nSPS) is 17.6. The van der Waals surface area contributed by atoms with Gasteiger partial charge in [-0.2, -0.15) is 5.10 Å². The molecule has 11 nitrogen and oxygen atoms in total. The molecule has 3 N–H and O–H groups in total. The average Bonchev–Trinajstić information content (AvgIpc) is 3.41. The zero-order valence-corrected chi connectivity index (χ0v) is 19.7. The Labute approximate surface area is 204 Å². The summed E-state index contributed by atoms with van der Waals surface area (Å²) in [6.07, 6.45) is -1.80. The van der Waals surface area contributed by atoms with E-state index in [9.17, 15) is 32.3 Å². The number of hydrogen-bond donors (Lipinski definition) is 3. The molecule has 0 aliphatic carbocycles. The van der Waals surface area contributed by atoms with Crippen molar-refractivity contribution >= 4 is 29.2 Å². The molecule has 1 saturated heterocycles. The van der Waals surface area contributed by atoms with E-state index in [1.165, 1.54) is 16.9 Å². The largest absolute Gasteiger partial charge is 0.522 e. The highest BCUT2D eigenvalue weighted by Gasteiger charge is 2.36. The highest BCUT2D eigenvalue weighted by molar-refractivity contribution is 5.98. The van der Waals surface area contributed by atoms with Gasteiger partial charge in [0.15, 0.2) is 11.4 Å². The molecule has 1 aliphatic heterocycles. The molecule has 0 radical (unpaired) electrons. The second kappa shape index (κ2) is 11.5.